The van der Waals surface area contributed by atoms with Crippen LogP contribution in [0.5, 0.6) is 0 Å². The number of nitrogens with zero attached hydrogens (tertiary/aromatic N) is 4. The SMILES string of the molecule is CN(c1ccncn1)C1CC2(CCN(C(=O)C3(N)CCCC3)C2)C1. The number of anilines is 1. The summed E-state index contributed by atoms with van der Waals surface area (Å²) < 4.78 is 0. The Morgan fingerprint density at radius 3 is 2.75 bits per heavy atom. The van der Waals surface area contributed by atoms with Crippen LogP contribution in [-0.2, 0) is 4.79 Å². The summed E-state index contributed by atoms with van der Waals surface area (Å²) >= 11 is 0. The molecule has 0 unspecified atom stereocenters. The molecule has 2 aliphatic carbocycles. The van der Waals surface area contributed by atoms with Gasteiger partial charge in [-0.1, -0.05) is 12.8 Å². The fraction of sp³-hybridized carbons (Fsp3) is 0.722. The fourth-order valence-electron chi connectivity index (χ4n) is 4.87. The Morgan fingerprint density at radius 1 is 1.33 bits per heavy atom. The highest BCUT2D eigenvalue weighted by molar-refractivity contribution is 5.86. The average Bonchev–Trinajstić information content (AvgIpc) is 3.20. The van der Waals surface area contributed by atoms with Crippen molar-refractivity contribution >= 4 is 11.7 Å². The summed E-state index contributed by atoms with van der Waals surface area (Å²) in [6.45, 7) is 1.76. The van der Waals surface area contributed by atoms with E-state index in [-0.39, 0.29) is 5.91 Å². The van der Waals surface area contributed by atoms with Crippen molar-refractivity contribution in [2.75, 3.05) is 25.0 Å². The zero-order chi connectivity index (χ0) is 16.8. The summed E-state index contributed by atoms with van der Waals surface area (Å²) in [5.74, 6) is 1.17. The molecule has 0 aromatic carbocycles. The molecule has 0 atom stereocenters. The first-order valence-corrected chi connectivity index (χ1v) is 9.09. The van der Waals surface area contributed by atoms with E-state index in [1.165, 1.54) is 0 Å². The molecule has 130 valence electrons. The maximum absolute atomic E-state index is 12.8. The van der Waals surface area contributed by atoms with E-state index < -0.39 is 5.54 Å². The molecule has 1 aliphatic heterocycles. The van der Waals surface area contributed by atoms with Gasteiger partial charge < -0.3 is 15.5 Å². The van der Waals surface area contributed by atoms with Gasteiger partial charge in [-0.25, -0.2) is 9.97 Å². The van der Waals surface area contributed by atoms with E-state index >= 15 is 0 Å². The van der Waals surface area contributed by atoms with Gasteiger partial charge in [0.1, 0.15) is 12.1 Å². The van der Waals surface area contributed by atoms with Gasteiger partial charge in [0.25, 0.3) is 0 Å². The number of aromatic nitrogens is 2. The van der Waals surface area contributed by atoms with E-state index in [2.05, 4.69) is 21.9 Å². The van der Waals surface area contributed by atoms with Gasteiger partial charge in [-0.15, -0.1) is 0 Å². The van der Waals surface area contributed by atoms with Crippen LogP contribution in [0.2, 0.25) is 0 Å². The Balaban J connectivity index is 1.36. The number of likely N-dealkylation sites (tertiary alicyclic amines) is 1. The maximum atomic E-state index is 12.8. The molecule has 24 heavy (non-hydrogen) atoms. The van der Waals surface area contributed by atoms with E-state index in [4.69, 9.17) is 5.73 Å². The lowest BCUT2D eigenvalue weighted by atomic mass is 9.64. The first-order chi connectivity index (χ1) is 11.5. The molecule has 1 amide bonds. The predicted octanol–water partition coefficient (Wildman–Crippen LogP) is 1.57. The van der Waals surface area contributed by atoms with Crippen LogP contribution in [0.3, 0.4) is 0 Å². The molecule has 1 saturated heterocycles. The van der Waals surface area contributed by atoms with E-state index in [1.807, 2.05) is 11.0 Å². The van der Waals surface area contributed by atoms with Crippen molar-refractivity contribution in [3.8, 4) is 0 Å². The highest BCUT2D eigenvalue weighted by Crippen LogP contribution is 2.50. The minimum atomic E-state index is -0.577. The molecule has 0 bridgehead atoms. The van der Waals surface area contributed by atoms with Gasteiger partial charge in [0.2, 0.25) is 5.91 Å². The fourth-order valence-corrected chi connectivity index (χ4v) is 4.87. The van der Waals surface area contributed by atoms with Crippen molar-refractivity contribution in [1.82, 2.24) is 14.9 Å². The highest BCUT2D eigenvalue weighted by atomic mass is 16.2. The Hall–Kier alpha value is -1.69. The van der Waals surface area contributed by atoms with E-state index in [9.17, 15) is 4.79 Å². The molecular formula is C18H27N5O. The van der Waals surface area contributed by atoms with Crippen LogP contribution in [0.15, 0.2) is 18.6 Å². The van der Waals surface area contributed by atoms with E-state index in [0.717, 1.165) is 63.9 Å². The van der Waals surface area contributed by atoms with Crippen molar-refractivity contribution in [2.45, 2.75) is 56.5 Å². The second-order valence-electron chi connectivity index (χ2n) is 8.08. The molecule has 1 aromatic heterocycles. The number of carbonyl (C=O) groups excluding carboxylic acids is 1. The van der Waals surface area contributed by atoms with Crippen LogP contribution < -0.4 is 10.6 Å². The topological polar surface area (TPSA) is 75.4 Å². The number of hydrogen-bond donors (Lipinski definition) is 1. The second kappa shape index (κ2) is 5.69. The summed E-state index contributed by atoms with van der Waals surface area (Å²) in [6.07, 6.45) is 10.7. The molecular weight excluding hydrogens is 302 g/mol. The standard InChI is InChI=1S/C18H27N5O/c1-22(15-4-8-20-13-21-15)14-10-17(11-14)7-9-23(12-17)16(24)18(19)5-2-3-6-18/h4,8,13-14H,2-3,5-7,9-12,19H2,1H3. The van der Waals surface area contributed by atoms with Crippen LogP contribution >= 0.6 is 0 Å². The Morgan fingerprint density at radius 2 is 2.08 bits per heavy atom. The zero-order valence-corrected chi connectivity index (χ0v) is 14.4. The summed E-state index contributed by atoms with van der Waals surface area (Å²) in [6, 6.07) is 2.46. The number of nitrogens with two attached hydrogens (primary N) is 1. The van der Waals surface area contributed by atoms with Crippen LogP contribution in [-0.4, -0.2) is 52.5 Å². The van der Waals surface area contributed by atoms with Crippen LogP contribution in [0.4, 0.5) is 5.82 Å². The highest BCUT2D eigenvalue weighted by Gasteiger charge is 2.52. The lowest BCUT2D eigenvalue weighted by molar-refractivity contribution is -0.136. The zero-order valence-electron chi connectivity index (χ0n) is 14.4. The third kappa shape index (κ3) is 2.57. The van der Waals surface area contributed by atoms with Gasteiger partial charge in [0.05, 0.1) is 5.54 Å². The minimum absolute atomic E-state index is 0.199. The molecule has 0 radical (unpaired) electrons. The monoisotopic (exact) mass is 329 g/mol. The second-order valence-corrected chi connectivity index (χ2v) is 8.08. The van der Waals surface area contributed by atoms with Gasteiger partial charge in [0.15, 0.2) is 0 Å². The van der Waals surface area contributed by atoms with E-state index in [0.29, 0.717) is 11.5 Å². The first kappa shape index (κ1) is 15.8. The summed E-state index contributed by atoms with van der Waals surface area (Å²) in [4.78, 5) is 25.4. The van der Waals surface area contributed by atoms with Gasteiger partial charge >= 0.3 is 0 Å². The molecule has 1 aromatic rings. The molecule has 3 fully saturated rings. The van der Waals surface area contributed by atoms with Crippen LogP contribution in [0.25, 0.3) is 0 Å². The Labute approximate surface area is 143 Å². The quantitative estimate of drug-likeness (QED) is 0.911. The maximum Gasteiger partial charge on any atom is 0.242 e. The number of hydrogen-bond acceptors (Lipinski definition) is 5. The van der Waals surface area contributed by atoms with Crippen LogP contribution in [0.1, 0.15) is 44.9 Å². The largest absolute Gasteiger partial charge is 0.357 e. The molecule has 6 nitrogen and oxygen atoms in total. The third-order valence-corrected chi connectivity index (χ3v) is 6.46. The van der Waals surface area contributed by atoms with Gasteiger partial charge in [-0.05, 0) is 43.6 Å². The number of carbonyl (C=O) groups is 1. The van der Waals surface area contributed by atoms with Crippen LogP contribution in [0, 0.1) is 5.41 Å². The van der Waals surface area contributed by atoms with Gasteiger partial charge in [0, 0.05) is 32.4 Å². The van der Waals surface area contributed by atoms with Crippen molar-refractivity contribution in [1.29, 1.82) is 0 Å². The van der Waals surface area contributed by atoms with E-state index in [1.54, 1.807) is 12.5 Å². The lowest BCUT2D eigenvalue weighted by Gasteiger charge is -2.49. The Kier molecular flexibility index (Phi) is 3.75. The lowest BCUT2D eigenvalue weighted by Crippen LogP contribution is -2.55. The van der Waals surface area contributed by atoms with Gasteiger partial charge in [-0.3, -0.25) is 4.79 Å². The van der Waals surface area contributed by atoms with Crippen molar-refractivity contribution in [2.24, 2.45) is 11.1 Å². The van der Waals surface area contributed by atoms with Crippen molar-refractivity contribution in [3.05, 3.63) is 18.6 Å². The third-order valence-electron chi connectivity index (χ3n) is 6.46. The van der Waals surface area contributed by atoms with Crippen molar-refractivity contribution in [3.63, 3.8) is 0 Å². The van der Waals surface area contributed by atoms with Crippen molar-refractivity contribution < 1.29 is 4.79 Å². The number of rotatable bonds is 3. The summed E-state index contributed by atoms with van der Waals surface area (Å²) in [5, 5.41) is 0. The average molecular weight is 329 g/mol. The molecule has 2 saturated carbocycles. The molecule has 3 aliphatic rings. The summed E-state index contributed by atoms with van der Waals surface area (Å²) in [5.41, 5.74) is 6.09. The molecule has 1 spiro atoms. The normalized spacial score (nSPS) is 31.2. The minimum Gasteiger partial charge on any atom is -0.357 e. The predicted molar refractivity (Wildman–Crippen MR) is 92.5 cm³/mol. The molecule has 2 N–H and O–H groups in total. The molecule has 4 rings (SSSR count). The summed E-state index contributed by atoms with van der Waals surface area (Å²) in [7, 11) is 2.10. The van der Waals surface area contributed by atoms with Gasteiger partial charge in [-0.2, -0.15) is 0 Å². The molecule has 6 heteroatoms. The Bertz CT molecular complexity index is 607. The number of amides is 1. The first-order valence-electron chi connectivity index (χ1n) is 9.09. The smallest absolute Gasteiger partial charge is 0.242 e. The molecule has 2 heterocycles.